The van der Waals surface area contributed by atoms with E-state index in [2.05, 4.69) is 20.8 Å². The summed E-state index contributed by atoms with van der Waals surface area (Å²) in [7, 11) is 0. The van der Waals surface area contributed by atoms with Crippen LogP contribution in [0.15, 0.2) is 48.5 Å². The second-order valence-corrected chi connectivity index (χ2v) is 7.95. The third kappa shape index (κ3) is 7.14. The standard InChI is InChI=1S/C22H27ClO4/c1-22(2,3)16-7-11-19(12-8-16)27-20(21(24)25)6-4-5-15-26-18-13-9-17(23)10-14-18/h7-14,20H,4-6,15H2,1-3H3,(H,24,25). The van der Waals surface area contributed by atoms with Gasteiger partial charge >= 0.3 is 5.97 Å². The van der Waals surface area contributed by atoms with Crippen LogP contribution in [0.5, 0.6) is 11.5 Å². The highest BCUT2D eigenvalue weighted by Crippen LogP contribution is 2.25. The Bertz CT molecular complexity index is 717. The molecule has 0 aliphatic rings. The number of benzene rings is 2. The third-order valence-electron chi connectivity index (χ3n) is 4.22. The summed E-state index contributed by atoms with van der Waals surface area (Å²) in [6, 6.07) is 14.8. The number of aliphatic carboxylic acids is 1. The molecule has 2 aromatic rings. The highest BCUT2D eigenvalue weighted by atomic mass is 35.5. The molecule has 1 N–H and O–H groups in total. The maximum Gasteiger partial charge on any atom is 0.344 e. The number of carboxylic acids is 1. The van der Waals surface area contributed by atoms with Gasteiger partial charge in [0.15, 0.2) is 6.10 Å². The molecule has 0 heterocycles. The number of ether oxygens (including phenoxy) is 2. The molecule has 27 heavy (non-hydrogen) atoms. The van der Waals surface area contributed by atoms with Gasteiger partial charge in [-0.2, -0.15) is 0 Å². The molecule has 2 aromatic carbocycles. The molecule has 0 bridgehead atoms. The molecule has 0 aliphatic heterocycles. The molecule has 0 saturated heterocycles. The predicted molar refractivity (Wildman–Crippen MR) is 108 cm³/mol. The Balaban J connectivity index is 1.78. The summed E-state index contributed by atoms with van der Waals surface area (Å²) in [4.78, 5) is 11.5. The van der Waals surface area contributed by atoms with Crippen LogP contribution in [-0.2, 0) is 10.2 Å². The number of hydrogen-bond acceptors (Lipinski definition) is 3. The van der Waals surface area contributed by atoms with Crippen LogP contribution in [0, 0.1) is 0 Å². The number of unbranched alkanes of at least 4 members (excludes halogenated alkanes) is 1. The Morgan fingerprint density at radius 2 is 1.59 bits per heavy atom. The van der Waals surface area contributed by atoms with Crippen molar-refractivity contribution < 1.29 is 19.4 Å². The number of carboxylic acid groups (broad SMARTS) is 1. The average Bonchev–Trinajstić information content (AvgIpc) is 2.61. The molecule has 0 amide bonds. The van der Waals surface area contributed by atoms with Crippen molar-refractivity contribution in [3.05, 3.63) is 59.1 Å². The monoisotopic (exact) mass is 390 g/mol. The third-order valence-corrected chi connectivity index (χ3v) is 4.47. The van der Waals surface area contributed by atoms with Crippen molar-refractivity contribution in [2.45, 2.75) is 51.6 Å². The van der Waals surface area contributed by atoms with Crippen LogP contribution in [0.4, 0.5) is 0 Å². The normalized spacial score (nSPS) is 12.4. The first kappa shape index (κ1) is 21.1. The Morgan fingerprint density at radius 3 is 2.15 bits per heavy atom. The van der Waals surface area contributed by atoms with E-state index in [0.717, 1.165) is 12.2 Å². The molecule has 146 valence electrons. The Labute approximate surface area is 166 Å². The van der Waals surface area contributed by atoms with Crippen molar-refractivity contribution in [1.82, 2.24) is 0 Å². The van der Waals surface area contributed by atoms with E-state index in [0.29, 0.717) is 30.2 Å². The van der Waals surface area contributed by atoms with E-state index in [1.165, 1.54) is 5.56 Å². The SMILES string of the molecule is CC(C)(C)c1ccc(OC(CCCCOc2ccc(Cl)cc2)C(=O)O)cc1. The quantitative estimate of drug-likeness (QED) is 0.556. The smallest absolute Gasteiger partial charge is 0.344 e. The van der Waals surface area contributed by atoms with Crippen molar-refractivity contribution in [2.75, 3.05) is 6.61 Å². The van der Waals surface area contributed by atoms with Crippen molar-refractivity contribution >= 4 is 17.6 Å². The fraction of sp³-hybridized carbons (Fsp3) is 0.409. The molecular formula is C22H27ClO4. The minimum absolute atomic E-state index is 0.0504. The van der Waals surface area contributed by atoms with Crippen LogP contribution in [0.25, 0.3) is 0 Å². The summed E-state index contributed by atoms with van der Waals surface area (Å²) < 4.78 is 11.3. The fourth-order valence-electron chi connectivity index (χ4n) is 2.58. The topological polar surface area (TPSA) is 55.8 Å². The molecule has 1 atom stereocenters. The first-order chi connectivity index (χ1) is 12.8. The van der Waals surface area contributed by atoms with E-state index >= 15 is 0 Å². The molecule has 0 radical (unpaired) electrons. The predicted octanol–water partition coefficient (Wildman–Crippen LogP) is 5.72. The number of halogens is 1. The second kappa shape index (κ2) is 9.65. The van der Waals surface area contributed by atoms with Crippen LogP contribution in [0.2, 0.25) is 5.02 Å². The maximum atomic E-state index is 11.5. The lowest BCUT2D eigenvalue weighted by Gasteiger charge is -2.20. The van der Waals surface area contributed by atoms with E-state index in [-0.39, 0.29) is 5.41 Å². The second-order valence-electron chi connectivity index (χ2n) is 7.52. The lowest BCUT2D eigenvalue weighted by atomic mass is 9.87. The van der Waals surface area contributed by atoms with Gasteiger partial charge in [0, 0.05) is 5.02 Å². The van der Waals surface area contributed by atoms with Crippen LogP contribution in [0.3, 0.4) is 0 Å². The zero-order chi connectivity index (χ0) is 19.9. The zero-order valence-corrected chi connectivity index (χ0v) is 16.8. The van der Waals surface area contributed by atoms with Gasteiger partial charge in [-0.1, -0.05) is 44.5 Å². The molecule has 4 nitrogen and oxygen atoms in total. The van der Waals surface area contributed by atoms with Gasteiger partial charge in [0.2, 0.25) is 0 Å². The van der Waals surface area contributed by atoms with Gasteiger partial charge in [-0.15, -0.1) is 0 Å². The highest BCUT2D eigenvalue weighted by molar-refractivity contribution is 6.30. The van der Waals surface area contributed by atoms with Crippen molar-refractivity contribution in [3.63, 3.8) is 0 Å². The first-order valence-corrected chi connectivity index (χ1v) is 9.52. The van der Waals surface area contributed by atoms with Gasteiger partial charge in [-0.05, 0) is 66.6 Å². The minimum Gasteiger partial charge on any atom is -0.494 e. The number of hydrogen-bond donors (Lipinski definition) is 1. The average molecular weight is 391 g/mol. The number of rotatable bonds is 9. The Kier molecular flexibility index (Phi) is 7.55. The Hall–Kier alpha value is -2.20. The van der Waals surface area contributed by atoms with Gasteiger partial charge in [-0.3, -0.25) is 0 Å². The molecule has 0 fully saturated rings. The summed E-state index contributed by atoms with van der Waals surface area (Å²) >= 11 is 5.83. The van der Waals surface area contributed by atoms with Gasteiger partial charge < -0.3 is 14.6 Å². The van der Waals surface area contributed by atoms with Crippen LogP contribution < -0.4 is 9.47 Å². The molecule has 5 heteroatoms. The van der Waals surface area contributed by atoms with E-state index < -0.39 is 12.1 Å². The van der Waals surface area contributed by atoms with Gasteiger partial charge in [0.25, 0.3) is 0 Å². The molecule has 0 aromatic heterocycles. The summed E-state index contributed by atoms with van der Waals surface area (Å²) in [6.45, 7) is 6.92. The van der Waals surface area contributed by atoms with Crippen molar-refractivity contribution in [1.29, 1.82) is 0 Å². The first-order valence-electron chi connectivity index (χ1n) is 9.14. The van der Waals surface area contributed by atoms with E-state index in [1.54, 1.807) is 12.1 Å². The van der Waals surface area contributed by atoms with Crippen molar-refractivity contribution in [3.8, 4) is 11.5 Å². The molecule has 0 spiro atoms. The van der Waals surface area contributed by atoms with Gasteiger partial charge in [0.05, 0.1) is 6.61 Å². The zero-order valence-electron chi connectivity index (χ0n) is 16.1. The lowest BCUT2D eigenvalue weighted by molar-refractivity contribution is -0.145. The lowest BCUT2D eigenvalue weighted by Crippen LogP contribution is -2.27. The number of carbonyl (C=O) groups is 1. The molecular weight excluding hydrogens is 364 g/mol. The largest absolute Gasteiger partial charge is 0.494 e. The van der Waals surface area contributed by atoms with E-state index in [1.807, 2.05) is 36.4 Å². The van der Waals surface area contributed by atoms with E-state index in [4.69, 9.17) is 21.1 Å². The van der Waals surface area contributed by atoms with E-state index in [9.17, 15) is 9.90 Å². The Morgan fingerprint density at radius 1 is 1.00 bits per heavy atom. The summed E-state index contributed by atoms with van der Waals surface area (Å²) in [5, 5.41) is 10.1. The summed E-state index contributed by atoms with van der Waals surface area (Å²) in [5.74, 6) is 0.380. The highest BCUT2D eigenvalue weighted by Gasteiger charge is 2.19. The minimum atomic E-state index is -0.950. The molecule has 2 rings (SSSR count). The van der Waals surface area contributed by atoms with Crippen LogP contribution in [0.1, 0.15) is 45.6 Å². The summed E-state index contributed by atoms with van der Waals surface area (Å²) in [6.07, 6.45) is 1.02. The molecule has 0 aliphatic carbocycles. The fourth-order valence-corrected chi connectivity index (χ4v) is 2.71. The van der Waals surface area contributed by atoms with Crippen LogP contribution >= 0.6 is 11.6 Å². The molecule has 1 unspecified atom stereocenters. The van der Waals surface area contributed by atoms with Gasteiger partial charge in [0.1, 0.15) is 11.5 Å². The van der Waals surface area contributed by atoms with Crippen molar-refractivity contribution in [2.24, 2.45) is 0 Å². The molecule has 0 saturated carbocycles. The van der Waals surface area contributed by atoms with Crippen LogP contribution in [-0.4, -0.2) is 23.8 Å². The maximum absolute atomic E-state index is 11.5. The summed E-state index contributed by atoms with van der Waals surface area (Å²) in [5.41, 5.74) is 1.23. The van der Waals surface area contributed by atoms with Gasteiger partial charge in [-0.25, -0.2) is 4.79 Å².